The zero-order valence-electron chi connectivity index (χ0n) is 12.5. The smallest absolute Gasteiger partial charge is 0.304 e. The molecule has 20 heavy (non-hydrogen) atoms. The molecule has 0 aromatic heterocycles. The van der Waals surface area contributed by atoms with E-state index in [-0.39, 0.29) is 18.3 Å². The van der Waals surface area contributed by atoms with Crippen molar-refractivity contribution in [3.8, 4) is 0 Å². The van der Waals surface area contributed by atoms with E-state index < -0.39 is 5.97 Å². The first-order valence-electron chi connectivity index (χ1n) is 7.11. The van der Waals surface area contributed by atoms with E-state index in [2.05, 4.69) is 11.8 Å². The predicted octanol–water partition coefficient (Wildman–Crippen LogP) is 3.25. The van der Waals surface area contributed by atoms with Crippen LogP contribution in [-0.4, -0.2) is 35.6 Å². The number of hydrogen-bond donors (Lipinski definition) is 1. The highest BCUT2D eigenvalue weighted by Gasteiger charge is 2.18. The Morgan fingerprint density at radius 3 is 2.70 bits per heavy atom. The van der Waals surface area contributed by atoms with Gasteiger partial charge in [-0.05, 0) is 50.6 Å². The lowest BCUT2D eigenvalue weighted by molar-refractivity contribution is -0.138. The van der Waals surface area contributed by atoms with Gasteiger partial charge in [0.2, 0.25) is 0 Å². The molecule has 0 aliphatic heterocycles. The van der Waals surface area contributed by atoms with Gasteiger partial charge in [-0.15, -0.1) is 0 Å². The van der Waals surface area contributed by atoms with Crippen LogP contribution in [0.4, 0.5) is 4.39 Å². The number of hydrogen-bond acceptors (Lipinski definition) is 2. The summed E-state index contributed by atoms with van der Waals surface area (Å²) in [6.07, 6.45) is 2.87. The normalized spacial score (nSPS) is 12.7. The molecule has 0 aliphatic carbocycles. The average molecular weight is 281 g/mol. The van der Waals surface area contributed by atoms with Crippen LogP contribution in [0, 0.1) is 12.7 Å². The summed E-state index contributed by atoms with van der Waals surface area (Å²) in [6, 6.07) is 4.95. The van der Waals surface area contributed by atoms with Gasteiger partial charge in [0.15, 0.2) is 0 Å². The van der Waals surface area contributed by atoms with Gasteiger partial charge in [0.1, 0.15) is 5.82 Å². The summed E-state index contributed by atoms with van der Waals surface area (Å²) < 4.78 is 13.3. The van der Waals surface area contributed by atoms with Crippen LogP contribution in [0.2, 0.25) is 0 Å². The van der Waals surface area contributed by atoms with Crippen LogP contribution in [-0.2, 0) is 11.2 Å². The van der Waals surface area contributed by atoms with Crippen molar-refractivity contribution in [1.29, 1.82) is 0 Å². The van der Waals surface area contributed by atoms with E-state index in [4.69, 9.17) is 5.11 Å². The van der Waals surface area contributed by atoms with Gasteiger partial charge in [-0.2, -0.15) is 0 Å². The van der Waals surface area contributed by atoms with Crippen molar-refractivity contribution >= 4 is 5.97 Å². The SMILES string of the molecule is CCCCN(C)C(CC(=O)O)Cc1ccc(F)c(C)c1. The second-order valence-electron chi connectivity index (χ2n) is 5.37. The standard InChI is InChI=1S/C16H24FNO2/c1-4-5-8-18(3)14(11-16(19)20)10-13-6-7-15(17)12(2)9-13/h6-7,9,14H,4-5,8,10-11H2,1-3H3,(H,19,20). The molecule has 0 spiro atoms. The first kappa shape index (κ1) is 16.6. The number of unbranched alkanes of at least 4 members (excludes halogenated alkanes) is 1. The summed E-state index contributed by atoms with van der Waals surface area (Å²) in [6.45, 7) is 4.73. The van der Waals surface area contributed by atoms with E-state index in [1.54, 1.807) is 19.1 Å². The number of carboxylic acid groups (broad SMARTS) is 1. The second kappa shape index (κ2) is 8.00. The minimum atomic E-state index is -0.794. The molecule has 0 radical (unpaired) electrons. The van der Waals surface area contributed by atoms with Crippen LogP contribution >= 0.6 is 0 Å². The van der Waals surface area contributed by atoms with Crippen molar-refractivity contribution < 1.29 is 14.3 Å². The van der Waals surface area contributed by atoms with E-state index in [0.29, 0.717) is 12.0 Å². The molecule has 1 N–H and O–H groups in total. The van der Waals surface area contributed by atoms with Crippen molar-refractivity contribution in [1.82, 2.24) is 4.90 Å². The van der Waals surface area contributed by atoms with Gasteiger partial charge in [-0.3, -0.25) is 4.79 Å². The van der Waals surface area contributed by atoms with Crippen molar-refractivity contribution in [2.24, 2.45) is 0 Å². The average Bonchev–Trinajstić information content (AvgIpc) is 2.39. The zero-order valence-corrected chi connectivity index (χ0v) is 12.5. The summed E-state index contributed by atoms with van der Waals surface area (Å²) in [5.74, 6) is -1.01. The highest BCUT2D eigenvalue weighted by Crippen LogP contribution is 2.15. The van der Waals surface area contributed by atoms with Crippen LogP contribution in [0.25, 0.3) is 0 Å². The molecule has 1 atom stereocenters. The van der Waals surface area contributed by atoms with Crippen LogP contribution in [0.3, 0.4) is 0 Å². The van der Waals surface area contributed by atoms with Gasteiger partial charge in [0, 0.05) is 6.04 Å². The summed E-state index contributed by atoms with van der Waals surface area (Å²) >= 11 is 0. The molecule has 0 amide bonds. The molecule has 1 unspecified atom stereocenters. The molecule has 0 bridgehead atoms. The maximum absolute atomic E-state index is 13.3. The van der Waals surface area contributed by atoms with Crippen LogP contribution < -0.4 is 0 Å². The Bertz CT molecular complexity index is 448. The lowest BCUT2D eigenvalue weighted by atomic mass is 10.00. The molecule has 1 rings (SSSR count). The molecule has 0 heterocycles. The molecule has 112 valence electrons. The molecule has 3 nitrogen and oxygen atoms in total. The fraction of sp³-hybridized carbons (Fsp3) is 0.562. The number of likely N-dealkylation sites (N-methyl/N-ethyl adjacent to an activating group) is 1. The van der Waals surface area contributed by atoms with E-state index in [1.165, 1.54) is 6.07 Å². The van der Waals surface area contributed by atoms with Crippen molar-refractivity contribution in [2.75, 3.05) is 13.6 Å². The number of benzene rings is 1. The zero-order chi connectivity index (χ0) is 15.1. The first-order chi connectivity index (χ1) is 9.43. The van der Waals surface area contributed by atoms with Crippen molar-refractivity contribution in [2.45, 2.75) is 45.6 Å². The number of carboxylic acids is 1. The molecular formula is C16H24FNO2. The Kier molecular flexibility index (Phi) is 6.65. The first-order valence-corrected chi connectivity index (χ1v) is 7.11. The summed E-state index contributed by atoms with van der Waals surface area (Å²) in [5.41, 5.74) is 1.59. The molecule has 1 aromatic carbocycles. The Morgan fingerprint density at radius 1 is 1.45 bits per heavy atom. The minimum Gasteiger partial charge on any atom is -0.481 e. The van der Waals surface area contributed by atoms with Gasteiger partial charge >= 0.3 is 5.97 Å². The van der Waals surface area contributed by atoms with Gasteiger partial charge in [-0.1, -0.05) is 25.5 Å². The largest absolute Gasteiger partial charge is 0.481 e. The molecule has 4 heteroatoms. The third kappa shape index (κ3) is 5.29. The van der Waals surface area contributed by atoms with Crippen molar-refractivity contribution in [3.05, 3.63) is 35.1 Å². The molecular weight excluding hydrogens is 257 g/mol. The highest BCUT2D eigenvalue weighted by molar-refractivity contribution is 5.67. The molecule has 1 aromatic rings. The van der Waals surface area contributed by atoms with E-state index in [9.17, 15) is 9.18 Å². The maximum Gasteiger partial charge on any atom is 0.304 e. The number of halogens is 1. The summed E-state index contributed by atoms with van der Waals surface area (Å²) in [4.78, 5) is 13.1. The van der Waals surface area contributed by atoms with Gasteiger partial charge in [0.05, 0.1) is 6.42 Å². The summed E-state index contributed by atoms with van der Waals surface area (Å²) in [7, 11) is 1.96. The topological polar surface area (TPSA) is 40.5 Å². The van der Waals surface area contributed by atoms with E-state index in [0.717, 1.165) is 24.9 Å². The predicted molar refractivity (Wildman–Crippen MR) is 78.4 cm³/mol. The van der Waals surface area contributed by atoms with Gasteiger partial charge < -0.3 is 10.0 Å². The highest BCUT2D eigenvalue weighted by atomic mass is 19.1. The number of carbonyl (C=O) groups is 1. The van der Waals surface area contributed by atoms with E-state index in [1.807, 2.05) is 7.05 Å². The second-order valence-corrected chi connectivity index (χ2v) is 5.37. The quantitative estimate of drug-likeness (QED) is 0.795. The summed E-state index contributed by atoms with van der Waals surface area (Å²) in [5, 5.41) is 9.05. The number of rotatable bonds is 8. The molecule has 0 fully saturated rings. The monoisotopic (exact) mass is 281 g/mol. The van der Waals surface area contributed by atoms with Crippen molar-refractivity contribution in [3.63, 3.8) is 0 Å². The van der Waals surface area contributed by atoms with E-state index >= 15 is 0 Å². The number of aliphatic carboxylic acids is 1. The fourth-order valence-corrected chi connectivity index (χ4v) is 2.28. The third-order valence-electron chi connectivity index (χ3n) is 3.59. The Balaban J connectivity index is 2.77. The van der Waals surface area contributed by atoms with Gasteiger partial charge in [0.25, 0.3) is 0 Å². The Labute approximate surface area is 120 Å². The third-order valence-corrected chi connectivity index (χ3v) is 3.59. The molecule has 0 aliphatic rings. The maximum atomic E-state index is 13.3. The van der Waals surface area contributed by atoms with Gasteiger partial charge in [-0.25, -0.2) is 4.39 Å². The lowest BCUT2D eigenvalue weighted by Crippen LogP contribution is -2.36. The Hall–Kier alpha value is -1.42. The fourth-order valence-electron chi connectivity index (χ4n) is 2.28. The molecule has 0 saturated carbocycles. The van der Waals surface area contributed by atoms with Crippen LogP contribution in [0.15, 0.2) is 18.2 Å². The minimum absolute atomic E-state index is 0.0519. The Morgan fingerprint density at radius 2 is 2.15 bits per heavy atom. The lowest BCUT2D eigenvalue weighted by Gasteiger charge is -2.27. The number of aryl methyl sites for hydroxylation is 1. The number of nitrogens with zero attached hydrogens (tertiary/aromatic N) is 1. The van der Waals surface area contributed by atoms with Crippen LogP contribution in [0.1, 0.15) is 37.3 Å². The molecule has 0 saturated heterocycles. The van der Waals surface area contributed by atoms with Crippen LogP contribution in [0.5, 0.6) is 0 Å².